The van der Waals surface area contributed by atoms with Crippen molar-refractivity contribution in [2.24, 2.45) is 0 Å². The standard InChI is InChI=1S/C19H21N3O2/c1-14(15-9-11-20-12-10-15)21-19(24)16-5-7-17(8-6-16)22-13-3-2-4-18(22)23/h5-12,14H,2-4,13H2,1H3,(H,21,24)/t14-/m0/s1. The van der Waals surface area contributed by atoms with Crippen molar-refractivity contribution in [2.75, 3.05) is 11.4 Å². The molecule has 1 N–H and O–H groups in total. The van der Waals surface area contributed by atoms with Crippen molar-refractivity contribution >= 4 is 17.5 Å². The van der Waals surface area contributed by atoms with Gasteiger partial charge in [-0.05, 0) is 61.7 Å². The number of carbonyl (C=O) groups excluding carboxylic acids is 2. The van der Waals surface area contributed by atoms with Crippen molar-refractivity contribution < 1.29 is 9.59 Å². The van der Waals surface area contributed by atoms with Crippen LogP contribution in [0.3, 0.4) is 0 Å². The summed E-state index contributed by atoms with van der Waals surface area (Å²) < 4.78 is 0. The molecule has 5 heteroatoms. The second kappa shape index (κ2) is 7.25. The van der Waals surface area contributed by atoms with Crippen LogP contribution >= 0.6 is 0 Å². The van der Waals surface area contributed by atoms with Crippen molar-refractivity contribution in [3.05, 3.63) is 59.9 Å². The number of piperidine rings is 1. The van der Waals surface area contributed by atoms with Crippen LogP contribution in [-0.2, 0) is 4.79 Å². The maximum Gasteiger partial charge on any atom is 0.251 e. The molecule has 1 saturated heterocycles. The number of benzene rings is 1. The molecular formula is C19H21N3O2. The summed E-state index contributed by atoms with van der Waals surface area (Å²) in [5, 5.41) is 2.97. The smallest absolute Gasteiger partial charge is 0.251 e. The zero-order valence-electron chi connectivity index (χ0n) is 13.7. The molecule has 1 aliphatic rings. The highest BCUT2D eigenvalue weighted by molar-refractivity contribution is 5.97. The molecule has 124 valence electrons. The van der Waals surface area contributed by atoms with Crippen LogP contribution in [0.2, 0.25) is 0 Å². The molecule has 1 atom stereocenters. The highest BCUT2D eigenvalue weighted by Gasteiger charge is 2.20. The first-order valence-electron chi connectivity index (χ1n) is 8.26. The summed E-state index contributed by atoms with van der Waals surface area (Å²) >= 11 is 0. The lowest BCUT2D eigenvalue weighted by Crippen LogP contribution is -2.35. The van der Waals surface area contributed by atoms with Crippen molar-refractivity contribution in [1.29, 1.82) is 0 Å². The number of carbonyl (C=O) groups is 2. The Labute approximate surface area is 141 Å². The Morgan fingerprint density at radius 1 is 1.12 bits per heavy atom. The van der Waals surface area contributed by atoms with Gasteiger partial charge in [-0.1, -0.05) is 0 Å². The summed E-state index contributed by atoms with van der Waals surface area (Å²) in [5.41, 5.74) is 2.46. The molecule has 0 radical (unpaired) electrons. The summed E-state index contributed by atoms with van der Waals surface area (Å²) in [4.78, 5) is 30.1. The Morgan fingerprint density at radius 2 is 1.83 bits per heavy atom. The molecule has 0 unspecified atom stereocenters. The molecule has 0 aliphatic carbocycles. The highest BCUT2D eigenvalue weighted by Crippen LogP contribution is 2.21. The summed E-state index contributed by atoms with van der Waals surface area (Å²) in [7, 11) is 0. The number of amides is 2. The fraction of sp³-hybridized carbons (Fsp3) is 0.316. The first-order valence-corrected chi connectivity index (χ1v) is 8.26. The monoisotopic (exact) mass is 323 g/mol. The van der Waals surface area contributed by atoms with E-state index in [1.54, 1.807) is 29.4 Å². The molecular weight excluding hydrogens is 302 g/mol. The highest BCUT2D eigenvalue weighted by atomic mass is 16.2. The van der Waals surface area contributed by atoms with E-state index < -0.39 is 0 Å². The predicted octanol–water partition coefficient (Wildman–Crippen LogP) is 3.09. The zero-order valence-corrected chi connectivity index (χ0v) is 13.7. The Morgan fingerprint density at radius 3 is 2.50 bits per heavy atom. The van der Waals surface area contributed by atoms with E-state index in [-0.39, 0.29) is 17.9 Å². The van der Waals surface area contributed by atoms with E-state index >= 15 is 0 Å². The van der Waals surface area contributed by atoms with E-state index in [0.717, 1.165) is 30.6 Å². The second-order valence-corrected chi connectivity index (χ2v) is 6.03. The van der Waals surface area contributed by atoms with Crippen LogP contribution in [0.15, 0.2) is 48.8 Å². The van der Waals surface area contributed by atoms with Gasteiger partial charge in [0.2, 0.25) is 5.91 Å². The molecule has 2 amide bonds. The molecule has 5 nitrogen and oxygen atoms in total. The zero-order chi connectivity index (χ0) is 16.9. The van der Waals surface area contributed by atoms with Crippen LogP contribution in [0.4, 0.5) is 5.69 Å². The second-order valence-electron chi connectivity index (χ2n) is 6.03. The third-order valence-corrected chi connectivity index (χ3v) is 4.32. The Bertz CT molecular complexity index is 713. The number of rotatable bonds is 4. The van der Waals surface area contributed by atoms with Gasteiger partial charge in [-0.25, -0.2) is 0 Å². The summed E-state index contributed by atoms with van der Waals surface area (Å²) in [6.07, 6.45) is 6.01. The topological polar surface area (TPSA) is 62.3 Å². The molecule has 3 rings (SSSR count). The summed E-state index contributed by atoms with van der Waals surface area (Å²) in [5.74, 6) is 0.0283. The van der Waals surface area contributed by atoms with Gasteiger partial charge in [0.05, 0.1) is 6.04 Å². The molecule has 1 aromatic heterocycles. The van der Waals surface area contributed by atoms with Gasteiger partial charge in [0, 0.05) is 36.6 Å². The fourth-order valence-electron chi connectivity index (χ4n) is 2.89. The largest absolute Gasteiger partial charge is 0.346 e. The van der Waals surface area contributed by atoms with Crippen LogP contribution < -0.4 is 10.2 Å². The molecule has 2 heterocycles. The first kappa shape index (κ1) is 16.2. The van der Waals surface area contributed by atoms with Crippen molar-refractivity contribution in [3.8, 4) is 0 Å². The van der Waals surface area contributed by atoms with Crippen LogP contribution in [0.5, 0.6) is 0 Å². The lowest BCUT2D eigenvalue weighted by molar-refractivity contribution is -0.119. The number of anilines is 1. The molecule has 0 bridgehead atoms. The predicted molar refractivity (Wildman–Crippen MR) is 92.8 cm³/mol. The minimum atomic E-state index is -0.129. The minimum absolute atomic E-state index is 0.0937. The Balaban J connectivity index is 1.66. The first-order chi connectivity index (χ1) is 11.6. The molecule has 24 heavy (non-hydrogen) atoms. The van der Waals surface area contributed by atoms with Crippen molar-refractivity contribution in [2.45, 2.75) is 32.2 Å². The third-order valence-electron chi connectivity index (χ3n) is 4.32. The number of nitrogens with zero attached hydrogens (tertiary/aromatic N) is 2. The van der Waals surface area contributed by atoms with E-state index in [4.69, 9.17) is 0 Å². The van der Waals surface area contributed by atoms with Crippen LogP contribution in [-0.4, -0.2) is 23.3 Å². The molecule has 1 fully saturated rings. The van der Waals surface area contributed by atoms with Crippen LogP contribution in [0, 0.1) is 0 Å². The maximum absolute atomic E-state index is 12.4. The SMILES string of the molecule is C[C@H](NC(=O)c1ccc(N2CCCCC2=O)cc1)c1ccncc1. The summed E-state index contributed by atoms with van der Waals surface area (Å²) in [6, 6.07) is 10.9. The normalized spacial score (nSPS) is 15.9. The molecule has 0 spiro atoms. The van der Waals surface area contributed by atoms with Gasteiger partial charge >= 0.3 is 0 Å². The fourth-order valence-corrected chi connectivity index (χ4v) is 2.89. The van der Waals surface area contributed by atoms with Gasteiger partial charge in [0.25, 0.3) is 5.91 Å². The van der Waals surface area contributed by atoms with E-state index in [1.165, 1.54) is 0 Å². The molecule has 1 aliphatic heterocycles. The number of nitrogens with one attached hydrogen (secondary N) is 1. The van der Waals surface area contributed by atoms with Crippen molar-refractivity contribution in [1.82, 2.24) is 10.3 Å². The minimum Gasteiger partial charge on any atom is -0.346 e. The number of hydrogen-bond acceptors (Lipinski definition) is 3. The summed E-state index contributed by atoms with van der Waals surface area (Å²) in [6.45, 7) is 2.69. The van der Waals surface area contributed by atoms with Gasteiger partial charge in [-0.3, -0.25) is 14.6 Å². The average molecular weight is 323 g/mol. The van der Waals surface area contributed by atoms with Gasteiger partial charge in [-0.15, -0.1) is 0 Å². The quantitative estimate of drug-likeness (QED) is 0.940. The number of hydrogen-bond donors (Lipinski definition) is 1. The van der Waals surface area contributed by atoms with E-state index in [9.17, 15) is 9.59 Å². The van der Waals surface area contributed by atoms with E-state index in [1.807, 2.05) is 31.2 Å². The van der Waals surface area contributed by atoms with Gasteiger partial charge in [0.1, 0.15) is 0 Å². The third kappa shape index (κ3) is 3.62. The maximum atomic E-state index is 12.4. The molecule has 1 aromatic carbocycles. The Kier molecular flexibility index (Phi) is 4.89. The molecule has 0 saturated carbocycles. The van der Waals surface area contributed by atoms with E-state index in [2.05, 4.69) is 10.3 Å². The lowest BCUT2D eigenvalue weighted by Gasteiger charge is -2.26. The molecule has 2 aromatic rings. The Hall–Kier alpha value is -2.69. The van der Waals surface area contributed by atoms with Gasteiger partial charge in [-0.2, -0.15) is 0 Å². The van der Waals surface area contributed by atoms with Crippen LogP contribution in [0.1, 0.15) is 48.1 Å². The van der Waals surface area contributed by atoms with Gasteiger partial charge in [0.15, 0.2) is 0 Å². The lowest BCUT2D eigenvalue weighted by atomic mass is 10.1. The van der Waals surface area contributed by atoms with E-state index in [0.29, 0.717) is 12.0 Å². The average Bonchev–Trinajstić information content (AvgIpc) is 2.63. The van der Waals surface area contributed by atoms with Crippen LogP contribution in [0.25, 0.3) is 0 Å². The van der Waals surface area contributed by atoms with Crippen molar-refractivity contribution in [3.63, 3.8) is 0 Å². The number of aromatic nitrogens is 1. The number of pyridine rings is 1. The van der Waals surface area contributed by atoms with Gasteiger partial charge < -0.3 is 10.2 Å².